The molecule has 2 rings (SSSR count). The van der Waals surface area contributed by atoms with E-state index in [1.54, 1.807) is 13.2 Å². The zero-order valence-electron chi connectivity index (χ0n) is 12.6. The molecule has 0 saturated heterocycles. The van der Waals surface area contributed by atoms with Gasteiger partial charge in [-0.05, 0) is 18.1 Å². The van der Waals surface area contributed by atoms with E-state index in [-0.39, 0.29) is 5.92 Å². The maximum atomic E-state index is 6.07. The van der Waals surface area contributed by atoms with E-state index < -0.39 is 0 Å². The van der Waals surface area contributed by atoms with E-state index in [1.807, 2.05) is 32.0 Å². The molecule has 2 aromatic rings. The average Bonchev–Trinajstić information content (AvgIpc) is 2.45. The van der Waals surface area contributed by atoms with Crippen LogP contribution in [-0.2, 0) is 11.2 Å². The molecule has 21 heavy (non-hydrogen) atoms. The van der Waals surface area contributed by atoms with Gasteiger partial charge in [0.1, 0.15) is 16.8 Å². The van der Waals surface area contributed by atoms with Gasteiger partial charge in [0, 0.05) is 24.8 Å². The fourth-order valence-electron chi connectivity index (χ4n) is 1.97. The van der Waals surface area contributed by atoms with E-state index >= 15 is 0 Å². The normalized spacial score (nSPS) is 10.9. The van der Waals surface area contributed by atoms with Crippen LogP contribution in [0.2, 0.25) is 5.15 Å². The summed E-state index contributed by atoms with van der Waals surface area (Å²) in [7, 11) is 1.70. The van der Waals surface area contributed by atoms with E-state index in [2.05, 4.69) is 21.4 Å². The number of anilines is 2. The Bertz CT molecular complexity index is 602. The van der Waals surface area contributed by atoms with Crippen molar-refractivity contribution in [2.75, 3.05) is 19.0 Å². The Hall–Kier alpha value is -1.65. The number of hydrogen-bond donors (Lipinski definition) is 1. The van der Waals surface area contributed by atoms with Crippen LogP contribution in [0.5, 0.6) is 0 Å². The van der Waals surface area contributed by atoms with Crippen LogP contribution in [-0.4, -0.2) is 23.7 Å². The third kappa shape index (κ3) is 4.41. The summed E-state index contributed by atoms with van der Waals surface area (Å²) in [5.41, 5.74) is 2.19. The lowest BCUT2D eigenvalue weighted by molar-refractivity contribution is 0.202. The molecule has 112 valence electrons. The minimum Gasteiger partial charge on any atom is -0.384 e. The molecule has 0 saturated carbocycles. The molecule has 4 nitrogen and oxygen atoms in total. The number of halogens is 1. The van der Waals surface area contributed by atoms with Crippen molar-refractivity contribution in [3.8, 4) is 0 Å². The fourth-order valence-corrected chi connectivity index (χ4v) is 2.16. The summed E-state index contributed by atoms with van der Waals surface area (Å²) in [5, 5.41) is 3.78. The number of methoxy groups -OCH3 is 1. The van der Waals surface area contributed by atoms with Crippen LogP contribution < -0.4 is 5.32 Å². The third-order valence-corrected chi connectivity index (χ3v) is 3.28. The smallest absolute Gasteiger partial charge is 0.135 e. The number of aromatic nitrogens is 2. The Morgan fingerprint density at radius 1 is 1.24 bits per heavy atom. The molecule has 1 aromatic carbocycles. The van der Waals surface area contributed by atoms with Crippen molar-refractivity contribution in [2.45, 2.75) is 26.2 Å². The van der Waals surface area contributed by atoms with Gasteiger partial charge in [-0.1, -0.05) is 43.6 Å². The molecule has 0 radical (unpaired) electrons. The first-order valence-corrected chi connectivity index (χ1v) is 7.36. The van der Waals surface area contributed by atoms with Crippen molar-refractivity contribution >= 4 is 23.1 Å². The Kier molecular flexibility index (Phi) is 5.53. The summed E-state index contributed by atoms with van der Waals surface area (Å²) in [6.07, 6.45) is 0.843. The maximum absolute atomic E-state index is 6.07. The topological polar surface area (TPSA) is 47.0 Å². The number of benzene rings is 1. The fraction of sp³-hybridized carbons (Fsp3) is 0.375. The second-order valence-electron chi connectivity index (χ2n) is 5.11. The number of hydrogen-bond acceptors (Lipinski definition) is 4. The van der Waals surface area contributed by atoms with Crippen molar-refractivity contribution in [3.63, 3.8) is 0 Å². The lowest BCUT2D eigenvalue weighted by Gasteiger charge is -2.13. The van der Waals surface area contributed by atoms with Crippen molar-refractivity contribution in [1.29, 1.82) is 0 Å². The molecule has 1 aromatic heterocycles. The second kappa shape index (κ2) is 7.38. The maximum Gasteiger partial charge on any atom is 0.135 e. The van der Waals surface area contributed by atoms with Crippen LogP contribution in [0.15, 0.2) is 30.3 Å². The van der Waals surface area contributed by atoms with E-state index in [0.717, 1.165) is 17.9 Å². The van der Waals surface area contributed by atoms with Gasteiger partial charge in [0.25, 0.3) is 0 Å². The zero-order valence-corrected chi connectivity index (χ0v) is 13.3. The number of ether oxygens (including phenoxy) is 1. The molecular formula is C16H20ClN3O. The van der Waals surface area contributed by atoms with Crippen molar-refractivity contribution in [1.82, 2.24) is 9.97 Å². The summed E-state index contributed by atoms with van der Waals surface area (Å²) < 4.78 is 5.15. The highest BCUT2D eigenvalue weighted by atomic mass is 35.5. The molecule has 1 heterocycles. The van der Waals surface area contributed by atoms with Crippen LogP contribution in [0.25, 0.3) is 0 Å². The quantitative estimate of drug-likeness (QED) is 0.813. The molecule has 1 N–H and O–H groups in total. The highest BCUT2D eigenvalue weighted by Gasteiger charge is 2.09. The number of rotatable bonds is 6. The second-order valence-corrected chi connectivity index (χ2v) is 5.50. The SMILES string of the molecule is COCCc1ccccc1Nc1cc(Cl)nc(C(C)C)n1. The summed E-state index contributed by atoms with van der Waals surface area (Å²) in [6.45, 7) is 4.77. The third-order valence-electron chi connectivity index (χ3n) is 3.08. The van der Waals surface area contributed by atoms with Gasteiger partial charge in [0.2, 0.25) is 0 Å². The van der Waals surface area contributed by atoms with Crippen molar-refractivity contribution in [3.05, 3.63) is 46.9 Å². The Morgan fingerprint density at radius 3 is 2.71 bits per heavy atom. The highest BCUT2D eigenvalue weighted by molar-refractivity contribution is 6.29. The molecule has 0 aliphatic heterocycles. The average molecular weight is 306 g/mol. The standard InChI is InChI=1S/C16H20ClN3O/c1-11(2)16-19-14(17)10-15(20-16)18-13-7-5-4-6-12(13)8-9-21-3/h4-7,10-11H,8-9H2,1-3H3,(H,18,19,20). The molecule has 0 bridgehead atoms. The molecule has 0 aliphatic rings. The van der Waals surface area contributed by atoms with E-state index in [4.69, 9.17) is 16.3 Å². The van der Waals surface area contributed by atoms with Gasteiger partial charge in [0.05, 0.1) is 6.61 Å². The van der Waals surface area contributed by atoms with Gasteiger partial charge >= 0.3 is 0 Å². The van der Waals surface area contributed by atoms with Gasteiger partial charge in [-0.25, -0.2) is 9.97 Å². The number of nitrogens with one attached hydrogen (secondary N) is 1. The van der Waals surface area contributed by atoms with Gasteiger partial charge in [-0.15, -0.1) is 0 Å². The molecule has 5 heteroatoms. The summed E-state index contributed by atoms with van der Waals surface area (Å²) in [4.78, 5) is 8.75. The molecule has 0 atom stereocenters. The zero-order chi connectivity index (χ0) is 15.2. The first kappa shape index (κ1) is 15.7. The van der Waals surface area contributed by atoms with E-state index in [9.17, 15) is 0 Å². The molecule has 0 unspecified atom stereocenters. The van der Waals surface area contributed by atoms with Crippen LogP contribution >= 0.6 is 11.6 Å². The van der Waals surface area contributed by atoms with Gasteiger partial charge in [-0.2, -0.15) is 0 Å². The first-order valence-electron chi connectivity index (χ1n) is 6.98. The predicted octanol–water partition coefficient (Wildman–Crippen LogP) is 4.19. The molecule has 0 spiro atoms. The molecule has 0 fully saturated rings. The van der Waals surface area contributed by atoms with Crippen LogP contribution in [0.4, 0.5) is 11.5 Å². The Morgan fingerprint density at radius 2 is 2.00 bits per heavy atom. The minimum absolute atomic E-state index is 0.230. The number of nitrogens with zero attached hydrogens (tertiary/aromatic N) is 2. The van der Waals surface area contributed by atoms with Gasteiger partial charge in [-0.3, -0.25) is 0 Å². The monoisotopic (exact) mass is 305 g/mol. The molecule has 0 amide bonds. The van der Waals surface area contributed by atoms with Crippen LogP contribution in [0, 0.1) is 0 Å². The molecule has 0 aliphatic carbocycles. The van der Waals surface area contributed by atoms with Gasteiger partial charge < -0.3 is 10.1 Å². The van der Waals surface area contributed by atoms with Gasteiger partial charge in [0.15, 0.2) is 0 Å². The lowest BCUT2D eigenvalue weighted by Crippen LogP contribution is -2.04. The summed E-state index contributed by atoms with van der Waals surface area (Å²) in [5.74, 6) is 1.68. The van der Waals surface area contributed by atoms with E-state index in [0.29, 0.717) is 17.6 Å². The van der Waals surface area contributed by atoms with Crippen molar-refractivity contribution < 1.29 is 4.74 Å². The predicted molar refractivity (Wildman–Crippen MR) is 86.4 cm³/mol. The lowest BCUT2D eigenvalue weighted by atomic mass is 10.1. The Balaban J connectivity index is 2.25. The number of para-hydroxylation sites is 1. The van der Waals surface area contributed by atoms with Crippen molar-refractivity contribution in [2.24, 2.45) is 0 Å². The summed E-state index contributed by atoms with van der Waals surface area (Å²) >= 11 is 6.07. The van der Waals surface area contributed by atoms with E-state index in [1.165, 1.54) is 5.56 Å². The highest BCUT2D eigenvalue weighted by Crippen LogP contribution is 2.23. The summed E-state index contributed by atoms with van der Waals surface area (Å²) in [6, 6.07) is 9.84. The van der Waals surface area contributed by atoms with Crippen LogP contribution in [0.3, 0.4) is 0 Å². The first-order chi connectivity index (χ1) is 10.1. The molecular weight excluding hydrogens is 286 g/mol. The minimum atomic E-state index is 0.230. The largest absolute Gasteiger partial charge is 0.384 e. The Labute approximate surface area is 130 Å². The van der Waals surface area contributed by atoms with Crippen LogP contribution in [0.1, 0.15) is 31.2 Å².